The monoisotopic (exact) mass is 483 g/mol. The van der Waals surface area contributed by atoms with Gasteiger partial charge in [-0.15, -0.1) is 0 Å². The largest absolute Gasteiger partial charge is 0.369 e. The standard InChI is InChI=1S/C29H33N5O2/c1-26(2)9-7-19(8-10-26)22-13-20(29(18-31)16-27(3)11-12-28(4,17-29)36-27)5-6-23(22)34-25(35)24-32-15-21(14-30)33-24/h5-7,13,15H,8-12,16-17H2,1-4H3,(H,32,33)(H,34,35)/t27-,28+,29?. The number of nitrogens with one attached hydrogen (secondary N) is 2. The van der Waals surface area contributed by atoms with Crippen molar-refractivity contribution in [3.8, 4) is 12.1 Å². The molecular formula is C29H33N5O2. The number of amides is 1. The summed E-state index contributed by atoms with van der Waals surface area (Å²) in [6.45, 7) is 8.80. The van der Waals surface area contributed by atoms with Crippen LogP contribution < -0.4 is 5.32 Å². The number of aromatic nitrogens is 2. The van der Waals surface area contributed by atoms with E-state index in [2.05, 4.69) is 61.2 Å². The van der Waals surface area contributed by atoms with E-state index in [1.54, 1.807) is 0 Å². The number of ether oxygens (including phenoxy) is 1. The van der Waals surface area contributed by atoms with Gasteiger partial charge in [-0.25, -0.2) is 4.98 Å². The molecule has 2 aliphatic heterocycles. The number of nitriles is 2. The molecule has 1 aromatic carbocycles. The number of anilines is 1. The first kappa shape index (κ1) is 24.3. The second-order valence-electron chi connectivity index (χ2n) is 12.1. The van der Waals surface area contributed by atoms with Crippen molar-refractivity contribution >= 4 is 17.2 Å². The lowest BCUT2D eigenvalue weighted by atomic mass is 9.67. The minimum absolute atomic E-state index is 0.0932. The molecule has 7 nitrogen and oxygen atoms in total. The molecular weight excluding hydrogens is 450 g/mol. The van der Waals surface area contributed by atoms with Gasteiger partial charge in [0.2, 0.25) is 0 Å². The Kier molecular flexibility index (Phi) is 5.61. The van der Waals surface area contributed by atoms with E-state index in [4.69, 9.17) is 10.00 Å². The molecule has 0 radical (unpaired) electrons. The zero-order valence-corrected chi connectivity index (χ0v) is 21.5. The molecule has 1 unspecified atom stereocenters. The number of benzene rings is 1. The number of hydrogen-bond donors (Lipinski definition) is 2. The van der Waals surface area contributed by atoms with Crippen LogP contribution in [0.5, 0.6) is 0 Å². The van der Waals surface area contributed by atoms with Crippen molar-refractivity contribution in [1.29, 1.82) is 10.5 Å². The smallest absolute Gasteiger partial charge is 0.291 e. The van der Waals surface area contributed by atoms with Crippen LogP contribution in [0.4, 0.5) is 5.69 Å². The number of carbonyl (C=O) groups excluding carboxylic acids is 1. The Morgan fingerprint density at radius 1 is 1.11 bits per heavy atom. The van der Waals surface area contributed by atoms with Gasteiger partial charge < -0.3 is 15.0 Å². The van der Waals surface area contributed by atoms with Crippen LogP contribution in [0.3, 0.4) is 0 Å². The average molecular weight is 484 g/mol. The third kappa shape index (κ3) is 4.33. The summed E-state index contributed by atoms with van der Waals surface area (Å²) < 4.78 is 6.40. The molecule has 7 heteroatoms. The maximum atomic E-state index is 13.0. The predicted octanol–water partition coefficient (Wildman–Crippen LogP) is 6.01. The van der Waals surface area contributed by atoms with Crippen LogP contribution >= 0.6 is 0 Å². The fourth-order valence-corrected chi connectivity index (χ4v) is 6.37. The van der Waals surface area contributed by atoms with E-state index >= 15 is 0 Å². The van der Waals surface area contributed by atoms with Crippen LogP contribution in [0.25, 0.3) is 5.57 Å². The lowest BCUT2D eigenvalue weighted by Crippen LogP contribution is -2.48. The van der Waals surface area contributed by atoms with Crippen LogP contribution in [-0.2, 0) is 10.2 Å². The summed E-state index contributed by atoms with van der Waals surface area (Å²) in [6.07, 6.45) is 9.76. The van der Waals surface area contributed by atoms with Crippen LogP contribution in [0, 0.1) is 28.1 Å². The number of nitrogens with zero attached hydrogens (tertiary/aromatic N) is 3. The van der Waals surface area contributed by atoms with Crippen molar-refractivity contribution in [3.63, 3.8) is 0 Å². The third-order valence-electron chi connectivity index (χ3n) is 8.29. The lowest BCUT2D eigenvalue weighted by molar-refractivity contribution is -0.138. The quantitative estimate of drug-likeness (QED) is 0.553. The van der Waals surface area contributed by atoms with Crippen LogP contribution in [0.15, 0.2) is 30.5 Å². The molecule has 1 amide bonds. The van der Waals surface area contributed by atoms with Crippen LogP contribution in [-0.4, -0.2) is 27.1 Å². The average Bonchev–Trinajstić information content (AvgIpc) is 3.41. The Labute approximate surface area is 212 Å². The summed E-state index contributed by atoms with van der Waals surface area (Å²) in [5.74, 6) is -0.308. The molecule has 3 aliphatic rings. The highest BCUT2D eigenvalue weighted by Crippen LogP contribution is 2.56. The molecule has 186 valence electrons. The molecule has 3 heterocycles. The molecule has 1 aromatic heterocycles. The Balaban J connectivity index is 1.55. The first-order chi connectivity index (χ1) is 17.0. The highest BCUT2D eigenvalue weighted by molar-refractivity contribution is 6.03. The van der Waals surface area contributed by atoms with Crippen molar-refractivity contribution in [2.24, 2.45) is 5.41 Å². The summed E-state index contributed by atoms with van der Waals surface area (Å²) in [5, 5.41) is 22.6. The summed E-state index contributed by atoms with van der Waals surface area (Å²) in [6, 6.07) is 10.7. The fourth-order valence-electron chi connectivity index (χ4n) is 6.37. The van der Waals surface area contributed by atoms with Crippen LogP contribution in [0.2, 0.25) is 0 Å². The number of imidazole rings is 1. The lowest BCUT2D eigenvalue weighted by Gasteiger charge is -2.45. The molecule has 2 bridgehead atoms. The van der Waals surface area contributed by atoms with E-state index in [0.717, 1.165) is 43.2 Å². The molecule has 2 saturated heterocycles. The van der Waals surface area contributed by atoms with E-state index in [1.165, 1.54) is 11.8 Å². The normalized spacial score (nSPS) is 30.7. The van der Waals surface area contributed by atoms with Gasteiger partial charge >= 0.3 is 0 Å². The van der Waals surface area contributed by atoms with Crippen molar-refractivity contribution in [1.82, 2.24) is 9.97 Å². The van der Waals surface area contributed by atoms with Gasteiger partial charge in [0.25, 0.3) is 5.91 Å². The third-order valence-corrected chi connectivity index (χ3v) is 8.29. The maximum Gasteiger partial charge on any atom is 0.291 e. The van der Waals surface area contributed by atoms with Gasteiger partial charge in [0, 0.05) is 11.3 Å². The SMILES string of the molecule is CC1(C)CC=C(c2cc(C3(C#N)C[C@]4(C)CC[C@](C)(C3)O4)ccc2NC(=O)c2ncc(C#N)[nH]2)CC1. The Bertz CT molecular complexity index is 1320. The highest BCUT2D eigenvalue weighted by Gasteiger charge is 2.57. The Hall–Kier alpha value is -3.42. The van der Waals surface area contributed by atoms with E-state index < -0.39 is 11.3 Å². The number of hydrogen-bond acceptors (Lipinski definition) is 5. The topological polar surface area (TPSA) is 115 Å². The van der Waals surface area contributed by atoms with E-state index in [9.17, 15) is 10.1 Å². The van der Waals surface area contributed by atoms with Crippen molar-refractivity contribution < 1.29 is 9.53 Å². The highest BCUT2D eigenvalue weighted by atomic mass is 16.5. The molecule has 2 N–H and O–H groups in total. The van der Waals surface area contributed by atoms with Crippen LogP contribution in [0.1, 0.15) is 100 Å². The first-order valence-corrected chi connectivity index (χ1v) is 12.7. The Morgan fingerprint density at radius 3 is 2.42 bits per heavy atom. The summed E-state index contributed by atoms with van der Waals surface area (Å²) in [5.41, 5.74) is 3.03. The maximum absolute atomic E-state index is 13.0. The zero-order chi connectivity index (χ0) is 25.8. The number of allylic oxidation sites excluding steroid dienone is 2. The molecule has 1 aliphatic carbocycles. The molecule has 36 heavy (non-hydrogen) atoms. The minimum atomic E-state index is -0.646. The van der Waals surface area contributed by atoms with E-state index in [1.807, 2.05) is 18.2 Å². The summed E-state index contributed by atoms with van der Waals surface area (Å²) in [4.78, 5) is 19.7. The number of rotatable bonds is 4. The number of H-pyrrole nitrogens is 1. The van der Waals surface area contributed by atoms with Crippen molar-refractivity contribution in [2.45, 2.75) is 89.3 Å². The van der Waals surface area contributed by atoms with E-state index in [0.29, 0.717) is 18.5 Å². The zero-order valence-electron chi connectivity index (χ0n) is 21.5. The molecule has 0 saturated carbocycles. The molecule has 3 atom stereocenters. The number of aromatic amines is 1. The van der Waals surface area contributed by atoms with E-state index in [-0.39, 0.29) is 28.1 Å². The molecule has 5 rings (SSSR count). The first-order valence-electron chi connectivity index (χ1n) is 12.7. The second-order valence-corrected chi connectivity index (χ2v) is 12.1. The predicted molar refractivity (Wildman–Crippen MR) is 137 cm³/mol. The number of fused-ring (bicyclic) bond motifs is 2. The van der Waals surface area contributed by atoms with Gasteiger partial charge in [-0.05, 0) is 87.5 Å². The van der Waals surface area contributed by atoms with Crippen molar-refractivity contribution in [3.05, 3.63) is 53.1 Å². The van der Waals surface area contributed by atoms with Gasteiger partial charge in [0.05, 0.1) is 28.9 Å². The van der Waals surface area contributed by atoms with Gasteiger partial charge in [0.1, 0.15) is 11.8 Å². The Morgan fingerprint density at radius 2 is 1.83 bits per heavy atom. The number of carbonyl (C=O) groups is 1. The summed E-state index contributed by atoms with van der Waals surface area (Å²) >= 11 is 0. The molecule has 2 fully saturated rings. The molecule has 2 aromatic rings. The van der Waals surface area contributed by atoms with Crippen molar-refractivity contribution in [2.75, 3.05) is 5.32 Å². The second kappa shape index (κ2) is 8.32. The molecule has 0 spiro atoms. The minimum Gasteiger partial charge on any atom is -0.369 e. The fraction of sp³-hybridized carbons (Fsp3) is 0.517. The van der Waals surface area contributed by atoms with Gasteiger partial charge in [-0.2, -0.15) is 10.5 Å². The van der Waals surface area contributed by atoms with Gasteiger partial charge in [-0.3, -0.25) is 4.79 Å². The van der Waals surface area contributed by atoms with Gasteiger partial charge in [0.15, 0.2) is 5.82 Å². The van der Waals surface area contributed by atoms with Gasteiger partial charge in [-0.1, -0.05) is 26.0 Å². The summed E-state index contributed by atoms with van der Waals surface area (Å²) in [7, 11) is 0.